The topological polar surface area (TPSA) is 20.2 Å². The van der Waals surface area contributed by atoms with Gasteiger partial charge in [-0.15, -0.1) is 0 Å². The Morgan fingerprint density at radius 3 is 2.46 bits per heavy atom. The SMILES string of the molecule is CC1=C(c2ccccc2)[C@@H](O)CC1. The first-order valence-electron chi connectivity index (χ1n) is 4.72. The molecule has 68 valence electrons. The van der Waals surface area contributed by atoms with E-state index >= 15 is 0 Å². The Kier molecular flexibility index (Phi) is 2.19. The van der Waals surface area contributed by atoms with E-state index < -0.39 is 0 Å². The van der Waals surface area contributed by atoms with Crippen molar-refractivity contribution >= 4 is 5.57 Å². The molecule has 0 aliphatic heterocycles. The Bertz CT molecular complexity index is 324. The summed E-state index contributed by atoms with van der Waals surface area (Å²) in [4.78, 5) is 0. The lowest BCUT2D eigenvalue weighted by Crippen LogP contribution is -2.03. The summed E-state index contributed by atoms with van der Waals surface area (Å²) in [5.74, 6) is 0. The maximum absolute atomic E-state index is 9.75. The molecular weight excluding hydrogens is 160 g/mol. The molecule has 1 heteroatoms. The van der Waals surface area contributed by atoms with Crippen molar-refractivity contribution < 1.29 is 5.11 Å². The third-order valence-electron chi connectivity index (χ3n) is 2.67. The van der Waals surface area contributed by atoms with Gasteiger partial charge in [0.25, 0.3) is 0 Å². The summed E-state index contributed by atoms with van der Waals surface area (Å²) >= 11 is 0. The average molecular weight is 174 g/mol. The van der Waals surface area contributed by atoms with Crippen molar-refractivity contribution in [3.05, 3.63) is 41.5 Å². The highest BCUT2D eigenvalue weighted by Gasteiger charge is 2.21. The van der Waals surface area contributed by atoms with Crippen molar-refractivity contribution in [2.45, 2.75) is 25.9 Å². The number of aliphatic hydroxyl groups is 1. The van der Waals surface area contributed by atoms with E-state index in [-0.39, 0.29) is 6.10 Å². The van der Waals surface area contributed by atoms with Crippen LogP contribution in [0, 0.1) is 0 Å². The zero-order valence-electron chi connectivity index (χ0n) is 7.83. The van der Waals surface area contributed by atoms with Gasteiger partial charge in [0, 0.05) is 0 Å². The molecule has 0 saturated heterocycles. The van der Waals surface area contributed by atoms with Crippen LogP contribution in [0.2, 0.25) is 0 Å². The van der Waals surface area contributed by atoms with E-state index in [1.165, 1.54) is 11.1 Å². The standard InChI is InChI=1S/C12H14O/c1-9-7-8-11(13)12(9)10-5-3-2-4-6-10/h2-6,11,13H,7-8H2,1H3/t11-/m0/s1. The first kappa shape index (κ1) is 8.52. The lowest BCUT2D eigenvalue weighted by molar-refractivity contribution is 0.231. The van der Waals surface area contributed by atoms with Gasteiger partial charge in [-0.05, 0) is 30.9 Å². The van der Waals surface area contributed by atoms with E-state index in [1.54, 1.807) is 0 Å². The molecule has 2 rings (SSSR count). The largest absolute Gasteiger partial charge is 0.388 e. The van der Waals surface area contributed by atoms with E-state index in [0.717, 1.165) is 18.4 Å². The predicted octanol–water partition coefficient (Wildman–Crippen LogP) is 2.61. The lowest BCUT2D eigenvalue weighted by atomic mass is 10.0. The minimum absolute atomic E-state index is 0.248. The molecule has 1 N–H and O–H groups in total. The Morgan fingerprint density at radius 1 is 1.23 bits per heavy atom. The van der Waals surface area contributed by atoms with Crippen LogP contribution < -0.4 is 0 Å². The fourth-order valence-electron chi connectivity index (χ4n) is 1.97. The second-order valence-electron chi connectivity index (χ2n) is 3.61. The maximum Gasteiger partial charge on any atom is 0.0798 e. The van der Waals surface area contributed by atoms with Gasteiger partial charge >= 0.3 is 0 Å². The van der Waals surface area contributed by atoms with E-state index in [4.69, 9.17) is 0 Å². The van der Waals surface area contributed by atoms with Gasteiger partial charge in [-0.3, -0.25) is 0 Å². The second-order valence-corrected chi connectivity index (χ2v) is 3.61. The maximum atomic E-state index is 9.75. The molecule has 1 aliphatic rings. The van der Waals surface area contributed by atoms with Crippen molar-refractivity contribution in [1.29, 1.82) is 0 Å². The van der Waals surface area contributed by atoms with Gasteiger partial charge in [0.1, 0.15) is 0 Å². The average Bonchev–Trinajstić information content (AvgIpc) is 2.48. The van der Waals surface area contributed by atoms with Gasteiger partial charge in [0.2, 0.25) is 0 Å². The first-order valence-corrected chi connectivity index (χ1v) is 4.72. The fraction of sp³-hybridized carbons (Fsp3) is 0.333. The van der Waals surface area contributed by atoms with Crippen molar-refractivity contribution in [2.75, 3.05) is 0 Å². The number of rotatable bonds is 1. The molecule has 1 aromatic carbocycles. The molecule has 13 heavy (non-hydrogen) atoms. The van der Waals surface area contributed by atoms with Crippen molar-refractivity contribution in [3.8, 4) is 0 Å². The summed E-state index contributed by atoms with van der Waals surface area (Å²) in [6.07, 6.45) is 1.67. The molecule has 0 radical (unpaired) electrons. The molecule has 0 fully saturated rings. The third kappa shape index (κ3) is 1.52. The number of hydrogen-bond acceptors (Lipinski definition) is 1. The molecule has 0 saturated carbocycles. The third-order valence-corrected chi connectivity index (χ3v) is 2.67. The molecule has 0 amide bonds. The summed E-state index contributed by atoms with van der Waals surface area (Å²) in [6, 6.07) is 10.2. The van der Waals surface area contributed by atoms with Crippen molar-refractivity contribution in [2.24, 2.45) is 0 Å². The lowest BCUT2D eigenvalue weighted by Gasteiger charge is -2.09. The van der Waals surface area contributed by atoms with Crippen LogP contribution in [0.25, 0.3) is 5.57 Å². The highest BCUT2D eigenvalue weighted by Crippen LogP contribution is 2.33. The summed E-state index contributed by atoms with van der Waals surface area (Å²) in [5.41, 5.74) is 3.64. The smallest absolute Gasteiger partial charge is 0.0798 e. The van der Waals surface area contributed by atoms with Crippen LogP contribution >= 0.6 is 0 Å². The van der Waals surface area contributed by atoms with Gasteiger partial charge < -0.3 is 5.11 Å². The molecular formula is C12H14O. The fourth-order valence-corrected chi connectivity index (χ4v) is 1.97. The zero-order valence-corrected chi connectivity index (χ0v) is 7.83. The van der Waals surface area contributed by atoms with E-state index in [9.17, 15) is 5.11 Å². The molecule has 1 aromatic rings. The van der Waals surface area contributed by atoms with Gasteiger partial charge in [-0.2, -0.15) is 0 Å². The number of allylic oxidation sites excluding steroid dienone is 1. The van der Waals surface area contributed by atoms with Crippen LogP contribution in [0.4, 0.5) is 0 Å². The summed E-state index contributed by atoms with van der Waals surface area (Å²) in [6.45, 7) is 2.11. The van der Waals surface area contributed by atoms with Crippen LogP contribution in [-0.2, 0) is 0 Å². The summed E-state index contributed by atoms with van der Waals surface area (Å²) in [5, 5.41) is 9.75. The van der Waals surface area contributed by atoms with Crippen LogP contribution in [0.3, 0.4) is 0 Å². The molecule has 0 aromatic heterocycles. The van der Waals surface area contributed by atoms with Crippen LogP contribution in [0.5, 0.6) is 0 Å². The quantitative estimate of drug-likeness (QED) is 0.694. The van der Waals surface area contributed by atoms with E-state index in [2.05, 4.69) is 19.1 Å². The van der Waals surface area contributed by atoms with E-state index in [1.807, 2.05) is 18.2 Å². The normalized spacial score (nSPS) is 22.5. The molecule has 0 bridgehead atoms. The molecule has 1 nitrogen and oxygen atoms in total. The molecule has 0 heterocycles. The van der Waals surface area contributed by atoms with E-state index in [0.29, 0.717) is 0 Å². The van der Waals surface area contributed by atoms with Crippen molar-refractivity contribution in [1.82, 2.24) is 0 Å². The molecule has 0 unspecified atom stereocenters. The Labute approximate surface area is 78.7 Å². The highest BCUT2D eigenvalue weighted by molar-refractivity contribution is 5.73. The van der Waals surface area contributed by atoms with Crippen LogP contribution in [0.1, 0.15) is 25.3 Å². The number of hydrogen-bond donors (Lipinski definition) is 1. The Hall–Kier alpha value is -1.08. The monoisotopic (exact) mass is 174 g/mol. The summed E-state index contributed by atoms with van der Waals surface area (Å²) < 4.78 is 0. The van der Waals surface area contributed by atoms with Gasteiger partial charge in [-0.25, -0.2) is 0 Å². The van der Waals surface area contributed by atoms with Gasteiger partial charge in [0.05, 0.1) is 6.10 Å². The minimum Gasteiger partial charge on any atom is -0.388 e. The molecule has 0 spiro atoms. The summed E-state index contributed by atoms with van der Waals surface area (Å²) in [7, 11) is 0. The van der Waals surface area contributed by atoms with Gasteiger partial charge in [-0.1, -0.05) is 35.9 Å². The van der Waals surface area contributed by atoms with Gasteiger partial charge in [0.15, 0.2) is 0 Å². The first-order chi connectivity index (χ1) is 6.29. The van der Waals surface area contributed by atoms with Crippen LogP contribution in [-0.4, -0.2) is 11.2 Å². The van der Waals surface area contributed by atoms with Crippen LogP contribution in [0.15, 0.2) is 35.9 Å². The Morgan fingerprint density at radius 2 is 1.92 bits per heavy atom. The molecule has 1 atom stereocenters. The second kappa shape index (κ2) is 3.35. The number of benzene rings is 1. The zero-order chi connectivity index (χ0) is 9.26. The predicted molar refractivity (Wildman–Crippen MR) is 54.3 cm³/mol. The molecule has 1 aliphatic carbocycles. The highest BCUT2D eigenvalue weighted by atomic mass is 16.3. The minimum atomic E-state index is -0.248. The van der Waals surface area contributed by atoms with Crippen molar-refractivity contribution in [3.63, 3.8) is 0 Å². The Balaban J connectivity index is 2.41. The number of aliphatic hydroxyl groups excluding tert-OH is 1.